The van der Waals surface area contributed by atoms with Crippen molar-refractivity contribution in [2.24, 2.45) is 29.6 Å². The van der Waals surface area contributed by atoms with Gasteiger partial charge < -0.3 is 9.47 Å². The molecule has 2 nitrogen and oxygen atoms in total. The molecular weight excluding hydrogens is 428 g/mol. The zero-order chi connectivity index (χ0) is 25.0. The molecule has 204 valence electrons. The predicted octanol–water partition coefficient (Wildman–Crippen LogP) is 10.3. The average molecular weight is 489 g/mol. The van der Waals surface area contributed by atoms with Crippen molar-refractivity contribution in [2.45, 2.75) is 168 Å². The lowest BCUT2D eigenvalue weighted by Crippen LogP contribution is -2.38. The number of hydrogen-bond acceptors (Lipinski definition) is 2. The molecular formula is C33H60O2. The molecule has 0 N–H and O–H groups in total. The van der Waals surface area contributed by atoms with Gasteiger partial charge in [-0.2, -0.15) is 0 Å². The van der Waals surface area contributed by atoms with Crippen LogP contribution in [0.3, 0.4) is 0 Å². The Labute approximate surface area is 219 Å². The highest BCUT2D eigenvalue weighted by Crippen LogP contribution is 2.42. The summed E-state index contributed by atoms with van der Waals surface area (Å²) in [6.07, 6.45) is 26.2. The van der Waals surface area contributed by atoms with Crippen molar-refractivity contribution in [1.82, 2.24) is 0 Å². The highest BCUT2D eigenvalue weighted by atomic mass is 16.7. The summed E-state index contributed by atoms with van der Waals surface area (Å²) in [6.45, 7) is 14.1. The maximum absolute atomic E-state index is 6.70. The van der Waals surface area contributed by atoms with Gasteiger partial charge in [0.2, 0.25) is 0 Å². The van der Waals surface area contributed by atoms with E-state index in [2.05, 4.69) is 34.3 Å². The molecule has 3 aliphatic rings. The van der Waals surface area contributed by atoms with Crippen LogP contribution in [0.25, 0.3) is 0 Å². The van der Waals surface area contributed by atoms with E-state index in [1.807, 2.05) is 0 Å². The molecule has 2 heteroatoms. The second-order valence-corrected chi connectivity index (χ2v) is 13.3. The molecule has 3 rings (SSSR count). The molecule has 1 saturated heterocycles. The van der Waals surface area contributed by atoms with Crippen LogP contribution >= 0.6 is 0 Å². The first-order valence-corrected chi connectivity index (χ1v) is 15.9. The quantitative estimate of drug-likeness (QED) is 0.213. The Hall–Kier alpha value is -0.340. The minimum absolute atomic E-state index is 0.143. The van der Waals surface area contributed by atoms with E-state index in [0.717, 1.165) is 24.2 Å². The van der Waals surface area contributed by atoms with Gasteiger partial charge in [0.15, 0.2) is 6.29 Å². The third kappa shape index (κ3) is 10.1. The van der Waals surface area contributed by atoms with Crippen LogP contribution in [0, 0.1) is 29.6 Å². The minimum Gasteiger partial charge on any atom is -0.342 e. The third-order valence-corrected chi connectivity index (χ3v) is 9.51. The second kappa shape index (κ2) is 15.8. The normalized spacial score (nSPS) is 26.9. The van der Waals surface area contributed by atoms with Crippen molar-refractivity contribution in [1.29, 1.82) is 0 Å². The Morgan fingerprint density at radius 2 is 1.06 bits per heavy atom. The monoisotopic (exact) mass is 488 g/mol. The van der Waals surface area contributed by atoms with Gasteiger partial charge >= 0.3 is 0 Å². The molecule has 0 aromatic carbocycles. The lowest BCUT2D eigenvalue weighted by Gasteiger charge is -2.34. The molecule has 4 atom stereocenters. The highest BCUT2D eigenvalue weighted by molar-refractivity contribution is 5.03. The zero-order valence-corrected chi connectivity index (χ0v) is 24.1. The fourth-order valence-electron chi connectivity index (χ4n) is 7.12. The van der Waals surface area contributed by atoms with Crippen molar-refractivity contribution in [3.05, 3.63) is 12.2 Å². The summed E-state index contributed by atoms with van der Waals surface area (Å²) >= 11 is 0. The Morgan fingerprint density at radius 1 is 0.629 bits per heavy atom. The van der Waals surface area contributed by atoms with Crippen molar-refractivity contribution >= 4 is 0 Å². The highest BCUT2D eigenvalue weighted by Gasteiger charge is 2.45. The van der Waals surface area contributed by atoms with E-state index in [1.165, 1.54) is 121 Å². The van der Waals surface area contributed by atoms with Crippen LogP contribution in [0.5, 0.6) is 0 Å². The first kappa shape index (κ1) is 29.2. The van der Waals surface area contributed by atoms with Gasteiger partial charge in [-0.1, -0.05) is 118 Å². The summed E-state index contributed by atoms with van der Waals surface area (Å²) in [5.74, 6) is 3.99. The van der Waals surface area contributed by atoms with E-state index in [-0.39, 0.29) is 6.29 Å². The topological polar surface area (TPSA) is 18.5 Å². The molecule has 0 radical (unpaired) electrons. The van der Waals surface area contributed by atoms with Gasteiger partial charge in [0.25, 0.3) is 0 Å². The Morgan fingerprint density at radius 3 is 1.51 bits per heavy atom. The Balaban J connectivity index is 1.35. The summed E-state index contributed by atoms with van der Waals surface area (Å²) in [5, 5.41) is 0. The molecule has 1 heterocycles. The van der Waals surface area contributed by atoms with Gasteiger partial charge in [-0.3, -0.25) is 0 Å². The average Bonchev–Trinajstić information content (AvgIpc) is 3.31. The van der Waals surface area contributed by atoms with E-state index >= 15 is 0 Å². The first-order chi connectivity index (χ1) is 16.9. The van der Waals surface area contributed by atoms with Crippen LogP contribution < -0.4 is 0 Å². The zero-order valence-electron chi connectivity index (χ0n) is 24.1. The van der Waals surface area contributed by atoms with Crippen molar-refractivity contribution in [2.75, 3.05) is 0 Å². The second-order valence-electron chi connectivity index (χ2n) is 13.3. The molecule has 0 spiro atoms. The number of ether oxygens (including phenoxy) is 2. The van der Waals surface area contributed by atoms with E-state index in [4.69, 9.17) is 9.47 Å². The fourth-order valence-corrected chi connectivity index (χ4v) is 7.12. The molecule has 0 bridgehead atoms. The van der Waals surface area contributed by atoms with Crippen molar-refractivity contribution < 1.29 is 9.47 Å². The van der Waals surface area contributed by atoms with E-state index in [1.54, 1.807) is 0 Å². The Kier molecular flexibility index (Phi) is 13.2. The molecule has 0 aromatic rings. The number of rotatable bonds is 15. The summed E-state index contributed by atoms with van der Waals surface area (Å²) in [7, 11) is 0. The van der Waals surface area contributed by atoms with Gasteiger partial charge in [0, 0.05) is 0 Å². The Bertz CT molecular complexity index is 546. The summed E-state index contributed by atoms with van der Waals surface area (Å²) in [4.78, 5) is 0. The molecule has 35 heavy (non-hydrogen) atoms. The standard InChI is InChI=1S/C33H60O2/c1-25(2)15-12-16-26(3)17-13-18-27(4)19-14-20-28(5)33-34-31(29-21-8-6-9-22-29)32(35-33)30-23-10-7-11-24-30/h25-27,29-33H,5-24H2,1-4H3/t26?,27?,31-,32-/m1/s1. The SMILES string of the molecule is C=C(CCCC(C)CCCC(C)CCCC(C)C)C1O[C@H](C2CCCCC2)[C@@H](C2CCCCC2)O1. The van der Waals surface area contributed by atoms with E-state index in [0.29, 0.717) is 24.0 Å². The molecule has 0 amide bonds. The fraction of sp³-hybridized carbons (Fsp3) is 0.939. The van der Waals surface area contributed by atoms with Crippen LogP contribution in [0.2, 0.25) is 0 Å². The van der Waals surface area contributed by atoms with E-state index in [9.17, 15) is 0 Å². The first-order valence-electron chi connectivity index (χ1n) is 15.9. The maximum Gasteiger partial charge on any atom is 0.180 e. The van der Waals surface area contributed by atoms with E-state index < -0.39 is 0 Å². The summed E-state index contributed by atoms with van der Waals surface area (Å²) in [5.41, 5.74) is 1.20. The molecule has 2 saturated carbocycles. The van der Waals surface area contributed by atoms with Crippen LogP contribution in [0.15, 0.2) is 12.2 Å². The van der Waals surface area contributed by atoms with Gasteiger partial charge in [0.1, 0.15) is 0 Å². The third-order valence-electron chi connectivity index (χ3n) is 9.51. The predicted molar refractivity (Wildman–Crippen MR) is 151 cm³/mol. The maximum atomic E-state index is 6.70. The number of hydrogen-bond donors (Lipinski definition) is 0. The van der Waals surface area contributed by atoms with Gasteiger partial charge in [-0.05, 0) is 73.7 Å². The molecule has 3 fully saturated rings. The summed E-state index contributed by atoms with van der Waals surface area (Å²) < 4.78 is 13.4. The van der Waals surface area contributed by atoms with Crippen LogP contribution in [-0.2, 0) is 9.47 Å². The smallest absolute Gasteiger partial charge is 0.180 e. The van der Waals surface area contributed by atoms with Gasteiger partial charge in [-0.25, -0.2) is 0 Å². The molecule has 1 aliphatic heterocycles. The molecule has 2 unspecified atom stereocenters. The minimum atomic E-state index is -0.143. The van der Waals surface area contributed by atoms with Crippen molar-refractivity contribution in [3.8, 4) is 0 Å². The molecule has 2 aliphatic carbocycles. The molecule has 0 aromatic heterocycles. The van der Waals surface area contributed by atoms with Gasteiger partial charge in [-0.15, -0.1) is 0 Å². The lowest BCUT2D eigenvalue weighted by atomic mass is 9.77. The van der Waals surface area contributed by atoms with Crippen LogP contribution in [0.1, 0.15) is 150 Å². The van der Waals surface area contributed by atoms with Gasteiger partial charge in [0.05, 0.1) is 12.2 Å². The van der Waals surface area contributed by atoms with Crippen molar-refractivity contribution in [3.63, 3.8) is 0 Å². The lowest BCUT2D eigenvalue weighted by molar-refractivity contribution is -0.0533. The van der Waals surface area contributed by atoms with Crippen LogP contribution in [0.4, 0.5) is 0 Å². The van der Waals surface area contributed by atoms with Crippen LogP contribution in [-0.4, -0.2) is 18.5 Å². The largest absolute Gasteiger partial charge is 0.342 e. The summed E-state index contributed by atoms with van der Waals surface area (Å²) in [6, 6.07) is 0.